The highest BCUT2D eigenvalue weighted by molar-refractivity contribution is 5.42. The summed E-state index contributed by atoms with van der Waals surface area (Å²) < 4.78 is 15.6. The van der Waals surface area contributed by atoms with E-state index in [1.807, 2.05) is 24.3 Å². The summed E-state index contributed by atoms with van der Waals surface area (Å²) in [6.45, 7) is 2.69. The molecule has 0 aliphatic carbocycles. The molecule has 1 N–H and O–H groups in total. The van der Waals surface area contributed by atoms with Crippen LogP contribution in [0.15, 0.2) is 35.0 Å². The van der Waals surface area contributed by atoms with Crippen LogP contribution in [0.2, 0.25) is 0 Å². The average Bonchev–Trinajstić information content (AvgIpc) is 2.97. The molecule has 0 saturated heterocycles. The second-order valence-electron chi connectivity index (χ2n) is 4.19. The summed E-state index contributed by atoms with van der Waals surface area (Å²) in [6.07, 6.45) is 1.63. The van der Waals surface area contributed by atoms with Crippen LogP contribution in [-0.4, -0.2) is 19.4 Å². The Morgan fingerprint density at radius 2 is 2.11 bits per heavy atom. The van der Waals surface area contributed by atoms with E-state index in [2.05, 4.69) is 17.4 Å². The molecule has 5 heteroatoms. The first kappa shape index (κ1) is 13.4. The maximum Gasteiger partial charge on any atom is 0.150 e. The van der Waals surface area contributed by atoms with Gasteiger partial charge in [-0.2, -0.15) is 0 Å². The smallest absolute Gasteiger partial charge is 0.150 e. The molecule has 102 valence electrons. The van der Waals surface area contributed by atoms with Gasteiger partial charge in [-0.05, 0) is 13.0 Å². The van der Waals surface area contributed by atoms with Gasteiger partial charge in [-0.15, -0.1) is 0 Å². The van der Waals surface area contributed by atoms with Crippen molar-refractivity contribution in [3.8, 4) is 11.5 Å². The van der Waals surface area contributed by atoms with Crippen molar-refractivity contribution >= 4 is 0 Å². The summed E-state index contributed by atoms with van der Waals surface area (Å²) in [4.78, 5) is 0. The number of rotatable bonds is 6. The van der Waals surface area contributed by atoms with Crippen molar-refractivity contribution in [1.82, 2.24) is 10.5 Å². The topological polar surface area (TPSA) is 56.5 Å². The minimum Gasteiger partial charge on any atom is -0.497 e. The Balaban J connectivity index is 2.07. The molecule has 0 radical (unpaired) electrons. The van der Waals surface area contributed by atoms with Gasteiger partial charge in [0, 0.05) is 23.7 Å². The molecule has 0 aliphatic rings. The van der Waals surface area contributed by atoms with Crippen molar-refractivity contribution in [2.75, 3.05) is 14.2 Å². The second kappa shape index (κ2) is 6.24. The van der Waals surface area contributed by atoms with E-state index in [1.165, 1.54) is 0 Å². The van der Waals surface area contributed by atoms with Crippen LogP contribution in [-0.2, 0) is 6.54 Å². The fourth-order valence-corrected chi connectivity index (χ4v) is 1.87. The van der Waals surface area contributed by atoms with Crippen LogP contribution in [0.4, 0.5) is 0 Å². The molecular formula is C14H18N2O3. The summed E-state index contributed by atoms with van der Waals surface area (Å²) in [5.74, 6) is 2.39. The number of nitrogens with one attached hydrogen (secondary N) is 1. The van der Waals surface area contributed by atoms with E-state index in [-0.39, 0.29) is 6.04 Å². The van der Waals surface area contributed by atoms with Crippen LogP contribution in [0.25, 0.3) is 0 Å². The summed E-state index contributed by atoms with van der Waals surface area (Å²) in [5.41, 5.74) is 1.07. The fraction of sp³-hybridized carbons (Fsp3) is 0.357. The fourth-order valence-electron chi connectivity index (χ4n) is 1.87. The van der Waals surface area contributed by atoms with Crippen LogP contribution >= 0.6 is 0 Å². The monoisotopic (exact) mass is 262 g/mol. The van der Waals surface area contributed by atoms with Crippen LogP contribution < -0.4 is 14.8 Å². The van der Waals surface area contributed by atoms with Gasteiger partial charge in [0.15, 0.2) is 0 Å². The van der Waals surface area contributed by atoms with Crippen molar-refractivity contribution in [2.45, 2.75) is 19.5 Å². The van der Waals surface area contributed by atoms with Crippen LogP contribution in [0, 0.1) is 0 Å². The zero-order valence-corrected chi connectivity index (χ0v) is 11.3. The lowest BCUT2D eigenvalue weighted by molar-refractivity contribution is 0.360. The molecule has 0 aliphatic heterocycles. The minimum absolute atomic E-state index is 0.131. The first-order chi connectivity index (χ1) is 9.24. The lowest BCUT2D eigenvalue weighted by Gasteiger charge is -2.17. The molecule has 1 aromatic heterocycles. The Morgan fingerprint density at radius 3 is 2.74 bits per heavy atom. The van der Waals surface area contributed by atoms with Crippen molar-refractivity contribution in [1.29, 1.82) is 0 Å². The number of hydrogen-bond acceptors (Lipinski definition) is 5. The summed E-state index contributed by atoms with van der Waals surface area (Å²) in [7, 11) is 3.29. The van der Waals surface area contributed by atoms with Gasteiger partial charge in [0.05, 0.1) is 27.0 Å². The number of aromatic nitrogens is 1. The highest BCUT2D eigenvalue weighted by atomic mass is 16.5. The molecular weight excluding hydrogens is 244 g/mol. The third-order valence-electron chi connectivity index (χ3n) is 2.98. The first-order valence-corrected chi connectivity index (χ1v) is 6.09. The van der Waals surface area contributed by atoms with Gasteiger partial charge in [0.1, 0.15) is 17.3 Å². The molecule has 5 nitrogen and oxygen atoms in total. The molecule has 0 bridgehead atoms. The molecule has 2 rings (SSSR count). The number of hydrogen-bond donors (Lipinski definition) is 1. The number of ether oxygens (including phenoxy) is 2. The molecule has 0 amide bonds. The molecule has 2 aromatic rings. The van der Waals surface area contributed by atoms with Crippen molar-refractivity contribution in [3.63, 3.8) is 0 Å². The minimum atomic E-state index is 0.131. The van der Waals surface area contributed by atoms with E-state index in [9.17, 15) is 0 Å². The average molecular weight is 262 g/mol. The van der Waals surface area contributed by atoms with E-state index in [0.717, 1.165) is 22.8 Å². The van der Waals surface area contributed by atoms with Gasteiger partial charge in [-0.25, -0.2) is 0 Å². The van der Waals surface area contributed by atoms with E-state index >= 15 is 0 Å². The lowest BCUT2D eigenvalue weighted by atomic mass is 10.1. The quantitative estimate of drug-likeness (QED) is 0.867. The number of benzene rings is 1. The maximum atomic E-state index is 5.39. The molecule has 0 spiro atoms. The van der Waals surface area contributed by atoms with Gasteiger partial charge in [0.2, 0.25) is 0 Å². The molecule has 1 unspecified atom stereocenters. The Bertz CT molecular complexity index is 511. The standard InChI is InChI=1S/C14H18N2O3/c1-10(15-9-12-6-7-16-19-12)13-5-4-11(17-2)8-14(13)18-3/h4-8,10,15H,9H2,1-3H3. The van der Waals surface area contributed by atoms with Gasteiger partial charge in [-0.3, -0.25) is 0 Å². The molecule has 0 saturated carbocycles. The van der Waals surface area contributed by atoms with Crippen molar-refractivity contribution in [2.24, 2.45) is 0 Å². The van der Waals surface area contributed by atoms with Crippen LogP contribution in [0.5, 0.6) is 11.5 Å². The van der Waals surface area contributed by atoms with Crippen LogP contribution in [0.3, 0.4) is 0 Å². The van der Waals surface area contributed by atoms with Gasteiger partial charge in [-0.1, -0.05) is 11.2 Å². The van der Waals surface area contributed by atoms with Gasteiger partial charge < -0.3 is 19.3 Å². The SMILES string of the molecule is COc1ccc(C(C)NCc2ccno2)c(OC)c1. The van der Waals surface area contributed by atoms with Crippen molar-refractivity contribution in [3.05, 3.63) is 41.8 Å². The third kappa shape index (κ3) is 3.26. The summed E-state index contributed by atoms with van der Waals surface area (Å²) in [5, 5.41) is 7.03. The predicted octanol–water partition coefficient (Wildman–Crippen LogP) is 2.54. The first-order valence-electron chi connectivity index (χ1n) is 6.09. The predicted molar refractivity (Wildman–Crippen MR) is 71.3 cm³/mol. The largest absolute Gasteiger partial charge is 0.497 e. The van der Waals surface area contributed by atoms with Gasteiger partial charge in [0.25, 0.3) is 0 Å². The molecule has 1 aromatic carbocycles. The van der Waals surface area contributed by atoms with E-state index in [0.29, 0.717) is 6.54 Å². The zero-order chi connectivity index (χ0) is 13.7. The van der Waals surface area contributed by atoms with Gasteiger partial charge >= 0.3 is 0 Å². The Kier molecular flexibility index (Phi) is 4.41. The summed E-state index contributed by atoms with van der Waals surface area (Å²) in [6, 6.07) is 7.76. The lowest BCUT2D eigenvalue weighted by Crippen LogP contribution is -2.18. The molecule has 0 fully saturated rings. The highest BCUT2D eigenvalue weighted by Gasteiger charge is 2.12. The third-order valence-corrected chi connectivity index (χ3v) is 2.98. The maximum absolute atomic E-state index is 5.39. The molecule has 1 heterocycles. The Labute approximate surface area is 112 Å². The molecule has 1 atom stereocenters. The van der Waals surface area contributed by atoms with E-state index in [1.54, 1.807) is 20.4 Å². The second-order valence-corrected chi connectivity index (χ2v) is 4.19. The highest BCUT2D eigenvalue weighted by Crippen LogP contribution is 2.29. The van der Waals surface area contributed by atoms with Crippen LogP contribution in [0.1, 0.15) is 24.3 Å². The summed E-state index contributed by atoms with van der Waals surface area (Å²) >= 11 is 0. The normalized spacial score (nSPS) is 12.2. The molecule has 19 heavy (non-hydrogen) atoms. The Hall–Kier alpha value is -2.01. The number of methoxy groups -OCH3 is 2. The number of nitrogens with zero attached hydrogens (tertiary/aromatic N) is 1. The zero-order valence-electron chi connectivity index (χ0n) is 11.3. The van der Waals surface area contributed by atoms with E-state index in [4.69, 9.17) is 14.0 Å². The van der Waals surface area contributed by atoms with E-state index < -0.39 is 0 Å². The Morgan fingerprint density at radius 1 is 1.26 bits per heavy atom. The van der Waals surface area contributed by atoms with Crippen molar-refractivity contribution < 1.29 is 14.0 Å².